The summed E-state index contributed by atoms with van der Waals surface area (Å²) in [6.45, 7) is 5.29. The molecule has 1 aliphatic rings. The lowest BCUT2D eigenvalue weighted by atomic mass is 10.1. The third-order valence-electron chi connectivity index (χ3n) is 4.17. The lowest BCUT2D eigenvalue weighted by Gasteiger charge is -2.20. The number of aromatic nitrogens is 2. The van der Waals surface area contributed by atoms with Crippen LogP contribution in [0.3, 0.4) is 0 Å². The zero-order valence-electron chi connectivity index (χ0n) is 12.4. The van der Waals surface area contributed by atoms with Crippen LogP contribution >= 0.6 is 11.3 Å². The first-order valence-electron chi connectivity index (χ1n) is 7.57. The molecule has 21 heavy (non-hydrogen) atoms. The fraction of sp³-hybridized carbons (Fsp3) is 0.600. The van der Waals surface area contributed by atoms with Crippen LogP contribution < -0.4 is 5.73 Å². The second kappa shape index (κ2) is 6.68. The molecule has 114 valence electrons. The van der Waals surface area contributed by atoms with Crippen molar-refractivity contribution in [2.24, 2.45) is 11.7 Å². The molecule has 2 unspecified atom stereocenters. The van der Waals surface area contributed by atoms with Gasteiger partial charge >= 0.3 is 0 Å². The average molecular weight is 306 g/mol. The van der Waals surface area contributed by atoms with E-state index in [1.807, 2.05) is 17.5 Å². The Kier molecular flexibility index (Phi) is 4.67. The highest BCUT2D eigenvalue weighted by molar-refractivity contribution is 7.13. The monoisotopic (exact) mass is 306 g/mol. The Morgan fingerprint density at radius 1 is 1.52 bits per heavy atom. The largest absolute Gasteiger partial charge is 0.339 e. The molecule has 5 nitrogen and oxygen atoms in total. The van der Waals surface area contributed by atoms with Gasteiger partial charge in [0.05, 0.1) is 4.88 Å². The van der Waals surface area contributed by atoms with Gasteiger partial charge in [-0.3, -0.25) is 0 Å². The Morgan fingerprint density at radius 3 is 3.14 bits per heavy atom. The highest BCUT2D eigenvalue weighted by Crippen LogP contribution is 2.23. The minimum absolute atomic E-state index is 0.642. The summed E-state index contributed by atoms with van der Waals surface area (Å²) >= 11 is 1.63. The predicted octanol–water partition coefficient (Wildman–Crippen LogP) is 2.40. The maximum atomic E-state index is 5.77. The normalized spacial score (nSPS) is 23.0. The summed E-state index contributed by atoms with van der Waals surface area (Å²) in [5.41, 5.74) is 5.77. The zero-order valence-corrected chi connectivity index (χ0v) is 13.2. The molecule has 0 bridgehead atoms. The van der Waals surface area contributed by atoms with Gasteiger partial charge < -0.3 is 15.2 Å². The molecule has 2 aromatic heterocycles. The summed E-state index contributed by atoms with van der Waals surface area (Å²) in [4.78, 5) is 8.04. The van der Waals surface area contributed by atoms with Gasteiger partial charge in [0, 0.05) is 19.0 Å². The van der Waals surface area contributed by atoms with Crippen LogP contribution in [0.1, 0.15) is 25.7 Å². The molecule has 1 aliphatic heterocycles. The van der Waals surface area contributed by atoms with Gasteiger partial charge in [0.2, 0.25) is 11.7 Å². The SMILES string of the molecule is CC1CC(CN)CN1CCCc1nc(-c2cccs2)no1. The summed E-state index contributed by atoms with van der Waals surface area (Å²) < 4.78 is 5.33. The summed E-state index contributed by atoms with van der Waals surface area (Å²) in [6.07, 6.45) is 3.11. The highest BCUT2D eigenvalue weighted by Gasteiger charge is 2.27. The van der Waals surface area contributed by atoms with Crippen LogP contribution in [0.2, 0.25) is 0 Å². The summed E-state index contributed by atoms with van der Waals surface area (Å²) in [6, 6.07) is 4.65. The van der Waals surface area contributed by atoms with E-state index in [2.05, 4.69) is 22.0 Å². The number of hydrogen-bond acceptors (Lipinski definition) is 6. The predicted molar refractivity (Wildman–Crippen MR) is 84.1 cm³/mol. The second-order valence-electron chi connectivity index (χ2n) is 5.77. The number of aryl methyl sites for hydroxylation is 1. The molecular weight excluding hydrogens is 284 g/mol. The number of thiophene rings is 1. The molecule has 0 spiro atoms. The van der Waals surface area contributed by atoms with Gasteiger partial charge in [-0.25, -0.2) is 0 Å². The number of likely N-dealkylation sites (tertiary alicyclic amines) is 1. The van der Waals surface area contributed by atoms with E-state index in [1.165, 1.54) is 6.42 Å². The van der Waals surface area contributed by atoms with E-state index in [0.717, 1.165) is 43.2 Å². The smallest absolute Gasteiger partial charge is 0.227 e. The molecule has 0 aromatic carbocycles. The molecule has 2 atom stereocenters. The van der Waals surface area contributed by atoms with Crippen LogP contribution in [-0.4, -0.2) is 40.7 Å². The van der Waals surface area contributed by atoms with Crippen LogP contribution in [0.4, 0.5) is 0 Å². The second-order valence-corrected chi connectivity index (χ2v) is 6.72. The fourth-order valence-corrected chi connectivity index (χ4v) is 3.64. The van der Waals surface area contributed by atoms with E-state index in [1.54, 1.807) is 11.3 Å². The Balaban J connectivity index is 1.48. The molecule has 0 aliphatic carbocycles. The minimum Gasteiger partial charge on any atom is -0.339 e. The van der Waals surface area contributed by atoms with Crippen molar-refractivity contribution in [3.8, 4) is 10.7 Å². The maximum Gasteiger partial charge on any atom is 0.227 e. The molecule has 0 amide bonds. The van der Waals surface area contributed by atoms with Crippen molar-refractivity contribution >= 4 is 11.3 Å². The van der Waals surface area contributed by atoms with Gasteiger partial charge in [0.25, 0.3) is 0 Å². The Hall–Kier alpha value is -1.24. The molecule has 1 saturated heterocycles. The van der Waals surface area contributed by atoms with Gasteiger partial charge in [-0.05, 0) is 50.2 Å². The van der Waals surface area contributed by atoms with Crippen LogP contribution in [0, 0.1) is 5.92 Å². The Labute approximate surface area is 129 Å². The third-order valence-corrected chi connectivity index (χ3v) is 5.04. The van der Waals surface area contributed by atoms with Crippen LogP contribution in [0.25, 0.3) is 10.7 Å². The van der Waals surface area contributed by atoms with E-state index in [4.69, 9.17) is 10.3 Å². The van der Waals surface area contributed by atoms with Crippen molar-refractivity contribution in [3.05, 3.63) is 23.4 Å². The van der Waals surface area contributed by atoms with Gasteiger partial charge in [0.15, 0.2) is 0 Å². The average Bonchev–Trinajstić information content (AvgIpc) is 3.19. The van der Waals surface area contributed by atoms with Crippen molar-refractivity contribution in [3.63, 3.8) is 0 Å². The summed E-state index contributed by atoms with van der Waals surface area (Å²) in [7, 11) is 0. The van der Waals surface area contributed by atoms with E-state index in [9.17, 15) is 0 Å². The lowest BCUT2D eigenvalue weighted by molar-refractivity contribution is 0.256. The standard InChI is InChI=1S/C15H22N4OS/c1-11-8-12(9-16)10-19(11)6-2-5-14-17-15(18-20-14)13-4-3-7-21-13/h3-4,7,11-12H,2,5-6,8-10,16H2,1H3. The van der Waals surface area contributed by atoms with Crippen LogP contribution in [0.15, 0.2) is 22.0 Å². The molecule has 3 rings (SSSR count). The molecule has 2 N–H and O–H groups in total. The molecule has 0 radical (unpaired) electrons. The summed E-state index contributed by atoms with van der Waals surface area (Å²) in [5.74, 6) is 2.10. The zero-order chi connectivity index (χ0) is 14.7. The quantitative estimate of drug-likeness (QED) is 0.887. The van der Waals surface area contributed by atoms with Gasteiger partial charge in [-0.15, -0.1) is 11.3 Å². The molecule has 3 heterocycles. The first-order chi connectivity index (χ1) is 10.3. The van der Waals surface area contributed by atoms with Crippen molar-refractivity contribution in [2.75, 3.05) is 19.6 Å². The molecule has 2 aromatic rings. The van der Waals surface area contributed by atoms with Gasteiger partial charge in [0.1, 0.15) is 0 Å². The van der Waals surface area contributed by atoms with E-state index >= 15 is 0 Å². The van der Waals surface area contributed by atoms with Crippen molar-refractivity contribution in [1.29, 1.82) is 0 Å². The Morgan fingerprint density at radius 2 is 2.43 bits per heavy atom. The van der Waals surface area contributed by atoms with E-state index in [0.29, 0.717) is 17.8 Å². The van der Waals surface area contributed by atoms with Gasteiger partial charge in [-0.2, -0.15) is 4.98 Å². The number of nitrogens with two attached hydrogens (primary N) is 1. The number of rotatable bonds is 6. The van der Waals surface area contributed by atoms with E-state index in [-0.39, 0.29) is 0 Å². The summed E-state index contributed by atoms with van der Waals surface area (Å²) in [5, 5.41) is 6.07. The van der Waals surface area contributed by atoms with Gasteiger partial charge in [-0.1, -0.05) is 11.2 Å². The molecule has 1 fully saturated rings. The minimum atomic E-state index is 0.642. The molecular formula is C15H22N4OS. The third kappa shape index (κ3) is 3.51. The van der Waals surface area contributed by atoms with Crippen molar-refractivity contribution in [1.82, 2.24) is 15.0 Å². The van der Waals surface area contributed by atoms with Crippen LogP contribution in [-0.2, 0) is 6.42 Å². The topological polar surface area (TPSA) is 68.2 Å². The van der Waals surface area contributed by atoms with Crippen LogP contribution in [0.5, 0.6) is 0 Å². The molecule has 6 heteroatoms. The first kappa shape index (κ1) is 14.7. The molecule has 0 saturated carbocycles. The van der Waals surface area contributed by atoms with Crippen molar-refractivity contribution in [2.45, 2.75) is 32.2 Å². The number of hydrogen-bond donors (Lipinski definition) is 1. The maximum absolute atomic E-state index is 5.77. The highest BCUT2D eigenvalue weighted by atomic mass is 32.1. The fourth-order valence-electron chi connectivity index (χ4n) is 3.00. The van der Waals surface area contributed by atoms with Crippen molar-refractivity contribution < 1.29 is 4.52 Å². The first-order valence-corrected chi connectivity index (χ1v) is 8.45. The number of nitrogens with zero attached hydrogens (tertiary/aromatic N) is 3. The van der Waals surface area contributed by atoms with E-state index < -0.39 is 0 Å². The Bertz CT molecular complexity index is 554. The lowest BCUT2D eigenvalue weighted by Crippen LogP contribution is -2.29.